The van der Waals surface area contributed by atoms with Crippen LogP contribution in [0.25, 0.3) is 0 Å². The summed E-state index contributed by atoms with van der Waals surface area (Å²) in [6.07, 6.45) is 4.49. The molecule has 0 radical (unpaired) electrons. The molecule has 1 nitrogen and oxygen atoms in total. The van der Waals surface area contributed by atoms with Gasteiger partial charge in [-0.2, -0.15) is 0 Å². The Morgan fingerprint density at radius 1 is 1.07 bits per heavy atom. The maximum atomic E-state index is 2.66. The van der Waals surface area contributed by atoms with Crippen LogP contribution in [0.3, 0.4) is 0 Å². The molecule has 0 aromatic heterocycles. The minimum Gasteiger partial charge on any atom is -0.295 e. The van der Waals surface area contributed by atoms with Crippen LogP contribution in [0.4, 0.5) is 0 Å². The highest BCUT2D eigenvalue weighted by Crippen LogP contribution is 2.43. The van der Waals surface area contributed by atoms with E-state index in [9.17, 15) is 0 Å². The molecule has 1 saturated carbocycles. The van der Waals surface area contributed by atoms with Crippen LogP contribution < -0.4 is 0 Å². The third kappa shape index (κ3) is 1.98. The second-order valence-electron chi connectivity index (χ2n) is 5.94. The first-order chi connectivity index (χ1) is 6.59. The lowest BCUT2D eigenvalue weighted by Gasteiger charge is -2.15. The molecule has 1 saturated heterocycles. The highest BCUT2D eigenvalue weighted by molar-refractivity contribution is 4.99. The Balaban J connectivity index is 1.80. The molecule has 1 heteroatoms. The summed E-state index contributed by atoms with van der Waals surface area (Å²) in [6, 6.07) is 1.73. The first-order valence-corrected chi connectivity index (χ1v) is 6.35. The molecule has 4 atom stereocenters. The van der Waals surface area contributed by atoms with Gasteiger partial charge in [0.25, 0.3) is 0 Å². The van der Waals surface area contributed by atoms with Crippen LogP contribution in [0.2, 0.25) is 0 Å². The summed E-state index contributed by atoms with van der Waals surface area (Å²) < 4.78 is 0. The number of hydrogen-bond acceptors (Lipinski definition) is 1. The van der Waals surface area contributed by atoms with Crippen molar-refractivity contribution in [3.8, 4) is 0 Å². The van der Waals surface area contributed by atoms with Gasteiger partial charge in [0.15, 0.2) is 0 Å². The Bertz CT molecular complexity index is 197. The van der Waals surface area contributed by atoms with E-state index in [1.54, 1.807) is 0 Å². The van der Waals surface area contributed by atoms with E-state index in [-0.39, 0.29) is 0 Å². The monoisotopic (exact) mass is 195 g/mol. The average molecular weight is 195 g/mol. The summed E-state index contributed by atoms with van der Waals surface area (Å²) in [5.74, 6) is 2.96. The minimum atomic E-state index is 0.776. The summed E-state index contributed by atoms with van der Waals surface area (Å²) in [6.45, 7) is 10.8. The van der Waals surface area contributed by atoms with Crippen molar-refractivity contribution in [1.82, 2.24) is 4.90 Å². The highest BCUT2D eigenvalue weighted by Gasteiger charge is 2.44. The van der Waals surface area contributed by atoms with Gasteiger partial charge in [0.05, 0.1) is 0 Å². The lowest BCUT2D eigenvalue weighted by atomic mass is 9.92. The fraction of sp³-hybridized carbons (Fsp3) is 1.00. The van der Waals surface area contributed by atoms with Crippen molar-refractivity contribution in [2.24, 2.45) is 17.8 Å². The largest absolute Gasteiger partial charge is 0.295 e. The molecule has 14 heavy (non-hydrogen) atoms. The number of hydrogen-bond donors (Lipinski definition) is 0. The molecular formula is C13H25N. The van der Waals surface area contributed by atoms with E-state index in [0.717, 1.165) is 29.8 Å². The van der Waals surface area contributed by atoms with Crippen molar-refractivity contribution in [2.45, 2.75) is 59.0 Å². The molecule has 2 fully saturated rings. The summed E-state index contributed by atoms with van der Waals surface area (Å²) in [4.78, 5) is 2.66. The van der Waals surface area contributed by atoms with Gasteiger partial charge < -0.3 is 0 Å². The Labute approximate surface area is 88.9 Å². The van der Waals surface area contributed by atoms with Gasteiger partial charge >= 0.3 is 0 Å². The van der Waals surface area contributed by atoms with Crippen LogP contribution in [0.5, 0.6) is 0 Å². The molecule has 0 N–H and O–H groups in total. The fourth-order valence-electron chi connectivity index (χ4n) is 3.19. The highest BCUT2D eigenvalue weighted by atomic mass is 15.3. The van der Waals surface area contributed by atoms with Gasteiger partial charge in [0.1, 0.15) is 0 Å². The van der Waals surface area contributed by atoms with E-state index in [1.165, 1.54) is 25.8 Å². The van der Waals surface area contributed by atoms with Gasteiger partial charge in [-0.05, 0) is 50.9 Å². The lowest BCUT2D eigenvalue weighted by Crippen LogP contribution is -2.17. The van der Waals surface area contributed by atoms with Gasteiger partial charge in [-0.15, -0.1) is 0 Å². The van der Waals surface area contributed by atoms with Crippen molar-refractivity contribution in [1.29, 1.82) is 0 Å². The van der Waals surface area contributed by atoms with E-state index < -0.39 is 0 Å². The van der Waals surface area contributed by atoms with E-state index in [2.05, 4.69) is 32.6 Å². The SMILES string of the molecule is CC(C)C1CCC(C2CN2C(C)C)C1. The zero-order valence-electron chi connectivity index (χ0n) is 10.2. The molecule has 0 aromatic rings. The normalized spacial score (nSPS) is 42.4. The summed E-state index contributed by atoms with van der Waals surface area (Å²) >= 11 is 0. The molecule has 4 unspecified atom stereocenters. The van der Waals surface area contributed by atoms with Crippen molar-refractivity contribution in [2.75, 3.05) is 6.54 Å². The Morgan fingerprint density at radius 3 is 2.21 bits per heavy atom. The maximum Gasteiger partial charge on any atom is 0.0255 e. The third-order valence-corrected chi connectivity index (χ3v) is 4.35. The van der Waals surface area contributed by atoms with E-state index in [1.807, 2.05) is 0 Å². The molecule has 0 bridgehead atoms. The van der Waals surface area contributed by atoms with Gasteiger partial charge in [-0.3, -0.25) is 4.90 Å². The Kier molecular flexibility index (Phi) is 2.88. The van der Waals surface area contributed by atoms with Crippen LogP contribution in [0.15, 0.2) is 0 Å². The van der Waals surface area contributed by atoms with Crippen LogP contribution in [0.1, 0.15) is 47.0 Å². The number of nitrogens with zero attached hydrogens (tertiary/aromatic N) is 1. The average Bonchev–Trinajstić information content (AvgIpc) is 2.76. The smallest absolute Gasteiger partial charge is 0.0255 e. The fourth-order valence-corrected chi connectivity index (χ4v) is 3.19. The van der Waals surface area contributed by atoms with Crippen LogP contribution >= 0.6 is 0 Å². The van der Waals surface area contributed by atoms with E-state index in [0.29, 0.717) is 0 Å². The third-order valence-electron chi connectivity index (χ3n) is 4.35. The van der Waals surface area contributed by atoms with Gasteiger partial charge in [0, 0.05) is 18.6 Å². The van der Waals surface area contributed by atoms with Crippen molar-refractivity contribution < 1.29 is 0 Å². The minimum absolute atomic E-state index is 0.776. The first kappa shape index (κ1) is 10.5. The van der Waals surface area contributed by atoms with E-state index in [4.69, 9.17) is 0 Å². The second kappa shape index (κ2) is 3.84. The molecule has 0 aromatic carbocycles. The quantitative estimate of drug-likeness (QED) is 0.625. The molecule has 0 spiro atoms. The molecule has 82 valence electrons. The predicted octanol–water partition coefficient (Wildman–Crippen LogP) is 3.15. The number of rotatable bonds is 3. The molecule has 1 aliphatic heterocycles. The molecule has 2 aliphatic rings. The van der Waals surface area contributed by atoms with Crippen LogP contribution in [-0.4, -0.2) is 23.5 Å². The topological polar surface area (TPSA) is 3.01 Å². The lowest BCUT2D eigenvalue weighted by molar-refractivity contribution is 0.336. The van der Waals surface area contributed by atoms with Gasteiger partial charge in [-0.25, -0.2) is 0 Å². The Morgan fingerprint density at radius 2 is 1.79 bits per heavy atom. The van der Waals surface area contributed by atoms with Crippen molar-refractivity contribution in [3.05, 3.63) is 0 Å². The summed E-state index contributed by atoms with van der Waals surface area (Å²) in [5, 5.41) is 0. The summed E-state index contributed by atoms with van der Waals surface area (Å²) in [5.41, 5.74) is 0. The van der Waals surface area contributed by atoms with E-state index >= 15 is 0 Å². The molecule has 0 amide bonds. The van der Waals surface area contributed by atoms with Gasteiger partial charge in [0.2, 0.25) is 0 Å². The second-order valence-corrected chi connectivity index (χ2v) is 5.94. The first-order valence-electron chi connectivity index (χ1n) is 6.35. The molecule has 2 rings (SSSR count). The van der Waals surface area contributed by atoms with Crippen LogP contribution in [0, 0.1) is 17.8 Å². The standard InChI is InChI=1S/C13H25N/c1-9(2)11-5-6-12(7-11)13-8-14(13)10(3)4/h9-13H,5-8H2,1-4H3. The van der Waals surface area contributed by atoms with Crippen LogP contribution in [-0.2, 0) is 0 Å². The zero-order chi connectivity index (χ0) is 10.3. The molecule has 1 aliphatic carbocycles. The maximum absolute atomic E-state index is 2.66. The van der Waals surface area contributed by atoms with Crippen molar-refractivity contribution in [3.63, 3.8) is 0 Å². The summed E-state index contributed by atoms with van der Waals surface area (Å²) in [7, 11) is 0. The zero-order valence-corrected chi connectivity index (χ0v) is 10.2. The predicted molar refractivity (Wildman–Crippen MR) is 61.3 cm³/mol. The molecule has 1 heterocycles. The Hall–Kier alpha value is -0.0400. The molecular weight excluding hydrogens is 170 g/mol. The van der Waals surface area contributed by atoms with Gasteiger partial charge in [-0.1, -0.05) is 13.8 Å². The van der Waals surface area contributed by atoms with Crippen molar-refractivity contribution >= 4 is 0 Å².